The Kier molecular flexibility index (Phi) is 4.89. The van der Waals surface area contributed by atoms with Crippen LogP contribution in [-0.2, 0) is 19.1 Å². The van der Waals surface area contributed by atoms with Crippen LogP contribution in [0.2, 0.25) is 0 Å². The van der Waals surface area contributed by atoms with E-state index in [0.717, 1.165) is 0 Å². The zero-order valence-corrected chi connectivity index (χ0v) is 9.56. The van der Waals surface area contributed by atoms with Gasteiger partial charge in [0.15, 0.2) is 0 Å². The van der Waals surface area contributed by atoms with Crippen molar-refractivity contribution in [3.05, 3.63) is 0 Å². The third kappa shape index (κ3) is 4.39. The number of hydrogen-bond donors (Lipinski definition) is 3. The monoisotopic (exact) mass is 244 g/mol. The molecule has 2 unspecified atom stereocenters. The first kappa shape index (κ1) is 13.4. The lowest BCUT2D eigenvalue weighted by molar-refractivity contribution is -0.137. The summed E-state index contributed by atoms with van der Waals surface area (Å²) in [5, 5.41) is 12.9. The summed E-state index contributed by atoms with van der Waals surface area (Å²) in [7, 11) is 0. The van der Waals surface area contributed by atoms with Gasteiger partial charge in [0.25, 0.3) is 0 Å². The van der Waals surface area contributed by atoms with Gasteiger partial charge >= 0.3 is 5.97 Å². The molecule has 17 heavy (non-hydrogen) atoms. The first-order valence-electron chi connectivity index (χ1n) is 5.38. The molecule has 2 atom stereocenters. The fourth-order valence-corrected chi connectivity index (χ4v) is 1.61. The molecule has 0 aromatic heterocycles. The normalized spacial score (nSPS) is 23.1. The Morgan fingerprint density at radius 1 is 1.29 bits per heavy atom. The molecule has 0 saturated carbocycles. The van der Waals surface area contributed by atoms with Gasteiger partial charge in [-0.1, -0.05) is 0 Å². The smallest absolute Gasteiger partial charge is 0.322 e. The number of hydrogen-bond acceptors (Lipinski definition) is 4. The summed E-state index contributed by atoms with van der Waals surface area (Å²) in [4.78, 5) is 32.9. The van der Waals surface area contributed by atoms with Crippen molar-refractivity contribution < 1.29 is 24.2 Å². The summed E-state index contributed by atoms with van der Waals surface area (Å²) in [6, 6.07) is 0. The van der Waals surface area contributed by atoms with Crippen molar-refractivity contribution >= 4 is 17.8 Å². The second-order valence-electron chi connectivity index (χ2n) is 3.86. The van der Waals surface area contributed by atoms with Gasteiger partial charge in [-0.05, 0) is 13.3 Å². The molecule has 0 spiro atoms. The van der Waals surface area contributed by atoms with Crippen LogP contribution in [0.3, 0.4) is 0 Å². The van der Waals surface area contributed by atoms with Gasteiger partial charge in [-0.3, -0.25) is 14.4 Å². The van der Waals surface area contributed by atoms with E-state index >= 15 is 0 Å². The predicted octanol–water partition coefficient (Wildman–Crippen LogP) is -1.27. The van der Waals surface area contributed by atoms with E-state index < -0.39 is 18.4 Å². The molecule has 0 bridgehead atoms. The van der Waals surface area contributed by atoms with E-state index in [4.69, 9.17) is 9.84 Å². The van der Waals surface area contributed by atoms with Crippen molar-refractivity contribution in [2.45, 2.75) is 19.4 Å². The molecular formula is C10H16N2O5. The number of nitrogens with one attached hydrogen (secondary N) is 2. The molecule has 1 aliphatic rings. The number of ether oxygens (including phenoxy) is 1. The summed E-state index contributed by atoms with van der Waals surface area (Å²) in [6.07, 6.45) is 0.501. The fourth-order valence-electron chi connectivity index (χ4n) is 1.61. The van der Waals surface area contributed by atoms with E-state index in [9.17, 15) is 14.4 Å². The molecule has 1 heterocycles. The number of carboxylic acid groups (broad SMARTS) is 1. The van der Waals surface area contributed by atoms with Crippen molar-refractivity contribution in [3.63, 3.8) is 0 Å². The lowest BCUT2D eigenvalue weighted by Gasteiger charge is -2.13. The summed E-state index contributed by atoms with van der Waals surface area (Å²) >= 11 is 0. The predicted molar refractivity (Wildman–Crippen MR) is 57.2 cm³/mol. The van der Waals surface area contributed by atoms with Crippen molar-refractivity contribution in [1.82, 2.24) is 10.6 Å². The number of carbonyl (C=O) groups excluding carboxylic acids is 2. The summed E-state index contributed by atoms with van der Waals surface area (Å²) in [5.74, 6) is -2.11. The minimum atomic E-state index is -1.12. The van der Waals surface area contributed by atoms with Crippen LogP contribution in [-0.4, -0.2) is 48.7 Å². The third-order valence-electron chi connectivity index (χ3n) is 2.57. The first-order chi connectivity index (χ1) is 8.00. The van der Waals surface area contributed by atoms with Gasteiger partial charge in [0.05, 0.1) is 18.6 Å². The maximum absolute atomic E-state index is 11.6. The molecule has 2 amide bonds. The van der Waals surface area contributed by atoms with E-state index in [2.05, 4.69) is 10.6 Å². The SMILES string of the molecule is CC1OCCC1C(=O)NCC(=O)NCC(=O)O. The van der Waals surface area contributed by atoms with Crippen molar-refractivity contribution in [2.75, 3.05) is 19.7 Å². The van der Waals surface area contributed by atoms with Gasteiger partial charge in [0.2, 0.25) is 11.8 Å². The van der Waals surface area contributed by atoms with Crippen LogP contribution < -0.4 is 10.6 Å². The molecule has 7 heteroatoms. The first-order valence-corrected chi connectivity index (χ1v) is 5.38. The van der Waals surface area contributed by atoms with Crippen molar-refractivity contribution in [3.8, 4) is 0 Å². The summed E-state index contributed by atoms with van der Waals surface area (Å²) in [5.41, 5.74) is 0. The highest BCUT2D eigenvalue weighted by atomic mass is 16.5. The Bertz CT molecular complexity index is 318. The van der Waals surface area contributed by atoms with Crippen LogP contribution in [0.5, 0.6) is 0 Å². The molecule has 1 fully saturated rings. The number of rotatable bonds is 5. The summed E-state index contributed by atoms with van der Waals surface area (Å²) in [6.45, 7) is 1.69. The molecule has 0 radical (unpaired) electrons. The molecule has 0 aliphatic carbocycles. The van der Waals surface area contributed by atoms with Gasteiger partial charge in [-0.2, -0.15) is 0 Å². The van der Waals surface area contributed by atoms with Gasteiger partial charge in [0, 0.05) is 6.61 Å². The van der Waals surface area contributed by atoms with E-state index in [0.29, 0.717) is 13.0 Å². The van der Waals surface area contributed by atoms with Crippen LogP contribution in [0.25, 0.3) is 0 Å². The van der Waals surface area contributed by atoms with Crippen LogP contribution in [0, 0.1) is 5.92 Å². The number of aliphatic carboxylic acids is 1. The van der Waals surface area contributed by atoms with Crippen LogP contribution in [0.4, 0.5) is 0 Å². The molecule has 3 N–H and O–H groups in total. The maximum Gasteiger partial charge on any atom is 0.322 e. The Labute approximate surface area is 98.5 Å². The zero-order chi connectivity index (χ0) is 12.8. The minimum Gasteiger partial charge on any atom is -0.480 e. The fraction of sp³-hybridized carbons (Fsp3) is 0.700. The Balaban J connectivity index is 2.23. The maximum atomic E-state index is 11.6. The minimum absolute atomic E-state index is 0.142. The Morgan fingerprint density at radius 3 is 2.53 bits per heavy atom. The Morgan fingerprint density at radius 2 is 2.00 bits per heavy atom. The summed E-state index contributed by atoms with van der Waals surface area (Å²) < 4.78 is 5.23. The second kappa shape index (κ2) is 6.19. The molecule has 96 valence electrons. The molecule has 1 saturated heterocycles. The zero-order valence-electron chi connectivity index (χ0n) is 9.56. The second-order valence-corrected chi connectivity index (χ2v) is 3.86. The molecular weight excluding hydrogens is 228 g/mol. The van der Waals surface area contributed by atoms with E-state index in [-0.39, 0.29) is 24.5 Å². The highest BCUT2D eigenvalue weighted by Gasteiger charge is 2.30. The Hall–Kier alpha value is -1.63. The highest BCUT2D eigenvalue weighted by molar-refractivity contribution is 5.87. The van der Waals surface area contributed by atoms with Gasteiger partial charge < -0.3 is 20.5 Å². The molecule has 7 nitrogen and oxygen atoms in total. The van der Waals surface area contributed by atoms with Crippen molar-refractivity contribution in [2.24, 2.45) is 5.92 Å². The van der Waals surface area contributed by atoms with E-state index in [1.807, 2.05) is 6.92 Å². The van der Waals surface area contributed by atoms with Gasteiger partial charge in [0.1, 0.15) is 6.54 Å². The average molecular weight is 244 g/mol. The van der Waals surface area contributed by atoms with Crippen LogP contribution >= 0.6 is 0 Å². The van der Waals surface area contributed by atoms with Gasteiger partial charge in [-0.15, -0.1) is 0 Å². The largest absolute Gasteiger partial charge is 0.480 e. The van der Waals surface area contributed by atoms with Gasteiger partial charge in [-0.25, -0.2) is 0 Å². The van der Waals surface area contributed by atoms with Crippen molar-refractivity contribution in [1.29, 1.82) is 0 Å². The molecule has 1 rings (SSSR count). The van der Waals surface area contributed by atoms with Crippen LogP contribution in [0.1, 0.15) is 13.3 Å². The lowest BCUT2D eigenvalue weighted by atomic mass is 10.0. The highest BCUT2D eigenvalue weighted by Crippen LogP contribution is 2.20. The molecule has 0 aromatic rings. The molecule has 1 aliphatic heterocycles. The lowest BCUT2D eigenvalue weighted by Crippen LogP contribution is -2.42. The third-order valence-corrected chi connectivity index (χ3v) is 2.57. The topological polar surface area (TPSA) is 105 Å². The number of carbonyl (C=O) groups is 3. The number of carboxylic acids is 1. The molecule has 0 aromatic carbocycles. The average Bonchev–Trinajstić information content (AvgIpc) is 2.69. The number of amides is 2. The van der Waals surface area contributed by atoms with E-state index in [1.54, 1.807) is 0 Å². The standard InChI is InChI=1S/C10H16N2O5/c1-6-7(2-3-17-6)10(16)12-4-8(13)11-5-9(14)15/h6-7H,2-5H2,1H3,(H,11,13)(H,12,16)(H,14,15). The quantitative estimate of drug-likeness (QED) is 0.559. The van der Waals surface area contributed by atoms with E-state index in [1.165, 1.54) is 0 Å². The van der Waals surface area contributed by atoms with Crippen LogP contribution in [0.15, 0.2) is 0 Å².